The van der Waals surface area contributed by atoms with E-state index >= 15 is 0 Å². The lowest BCUT2D eigenvalue weighted by Gasteiger charge is -2.15. The normalized spacial score (nSPS) is 11.4. The summed E-state index contributed by atoms with van der Waals surface area (Å²) in [5.41, 5.74) is 5.24. The maximum atomic E-state index is 6.27. The summed E-state index contributed by atoms with van der Waals surface area (Å²) in [4.78, 5) is 4.71. The third-order valence-corrected chi connectivity index (χ3v) is 5.29. The number of benzene rings is 2. The van der Waals surface area contributed by atoms with Crippen LogP contribution in [-0.2, 0) is 0 Å². The Morgan fingerprint density at radius 2 is 1.88 bits per heavy atom. The van der Waals surface area contributed by atoms with Crippen molar-refractivity contribution >= 4 is 49.3 Å². The fourth-order valence-corrected chi connectivity index (χ4v) is 3.88. The van der Waals surface area contributed by atoms with E-state index in [0.29, 0.717) is 5.02 Å². The number of nitrogens with zero attached hydrogens (tertiary/aromatic N) is 2. The first-order chi connectivity index (χ1) is 12.0. The molecule has 0 bridgehead atoms. The van der Waals surface area contributed by atoms with Crippen LogP contribution >= 0.6 is 27.5 Å². The molecule has 0 saturated carbocycles. The van der Waals surface area contributed by atoms with Crippen molar-refractivity contribution in [2.24, 2.45) is 0 Å². The Morgan fingerprint density at radius 1 is 1.08 bits per heavy atom. The number of methoxy groups -OCH3 is 1. The maximum Gasteiger partial charge on any atom is 0.129 e. The highest BCUT2D eigenvalue weighted by atomic mass is 79.9. The molecule has 3 nitrogen and oxygen atoms in total. The predicted octanol–water partition coefficient (Wildman–Crippen LogP) is 6.22. The number of aromatic nitrogens is 2. The van der Waals surface area contributed by atoms with E-state index in [1.165, 1.54) is 0 Å². The van der Waals surface area contributed by atoms with Crippen LogP contribution in [0.4, 0.5) is 0 Å². The number of halogens is 2. The van der Waals surface area contributed by atoms with Crippen molar-refractivity contribution in [3.8, 4) is 11.4 Å². The van der Waals surface area contributed by atoms with Gasteiger partial charge in [0, 0.05) is 32.2 Å². The molecule has 4 rings (SSSR count). The minimum absolute atomic E-state index is 0.703. The van der Waals surface area contributed by atoms with Crippen molar-refractivity contribution in [3.05, 3.63) is 63.3 Å². The van der Waals surface area contributed by atoms with Gasteiger partial charge in [0.25, 0.3) is 0 Å². The van der Waals surface area contributed by atoms with Crippen molar-refractivity contribution in [2.45, 2.75) is 13.8 Å². The highest BCUT2D eigenvalue weighted by Crippen LogP contribution is 2.36. The second kappa shape index (κ2) is 6.04. The van der Waals surface area contributed by atoms with Crippen molar-refractivity contribution in [1.82, 2.24) is 9.55 Å². The van der Waals surface area contributed by atoms with Crippen molar-refractivity contribution in [2.75, 3.05) is 7.11 Å². The Labute approximate surface area is 159 Å². The van der Waals surface area contributed by atoms with Gasteiger partial charge in [0.1, 0.15) is 5.75 Å². The topological polar surface area (TPSA) is 27.1 Å². The lowest BCUT2D eigenvalue weighted by molar-refractivity contribution is 0.419. The molecule has 0 atom stereocenters. The molecule has 2 heterocycles. The van der Waals surface area contributed by atoms with Crippen LogP contribution < -0.4 is 4.74 Å². The minimum Gasteiger partial charge on any atom is -0.496 e. The zero-order valence-electron chi connectivity index (χ0n) is 14.1. The van der Waals surface area contributed by atoms with Gasteiger partial charge in [0.2, 0.25) is 0 Å². The fourth-order valence-electron chi connectivity index (χ4n) is 3.28. The molecule has 0 amide bonds. The summed E-state index contributed by atoms with van der Waals surface area (Å²) in [6, 6.07) is 12.0. The molecule has 0 spiro atoms. The molecule has 0 unspecified atom stereocenters. The van der Waals surface area contributed by atoms with Gasteiger partial charge in [-0.3, -0.25) is 4.98 Å². The molecule has 2 aromatic carbocycles. The molecule has 126 valence electrons. The summed E-state index contributed by atoms with van der Waals surface area (Å²) < 4.78 is 8.70. The van der Waals surface area contributed by atoms with Gasteiger partial charge >= 0.3 is 0 Å². The van der Waals surface area contributed by atoms with Crippen LogP contribution in [0, 0.1) is 13.8 Å². The zero-order valence-corrected chi connectivity index (χ0v) is 16.4. The van der Waals surface area contributed by atoms with Gasteiger partial charge in [0.15, 0.2) is 0 Å². The molecule has 0 aliphatic carbocycles. The van der Waals surface area contributed by atoms with Gasteiger partial charge in [-0.25, -0.2) is 0 Å². The van der Waals surface area contributed by atoms with Gasteiger partial charge in [-0.05, 0) is 55.8 Å². The number of fused-ring (bicyclic) bond motifs is 2. The van der Waals surface area contributed by atoms with Gasteiger partial charge in [0.05, 0.1) is 23.8 Å². The van der Waals surface area contributed by atoms with Crippen LogP contribution in [0.25, 0.3) is 27.5 Å². The van der Waals surface area contributed by atoms with E-state index < -0.39 is 0 Å². The number of aryl methyl sites for hydroxylation is 1. The molecule has 0 saturated heterocycles. The smallest absolute Gasteiger partial charge is 0.129 e. The number of hydrogen-bond acceptors (Lipinski definition) is 2. The lowest BCUT2D eigenvalue weighted by atomic mass is 10.1. The average Bonchev–Trinajstić information content (AvgIpc) is 2.99. The van der Waals surface area contributed by atoms with Crippen LogP contribution in [0.3, 0.4) is 0 Å². The molecule has 5 heteroatoms. The number of rotatable bonds is 2. The Balaban J connectivity index is 2.15. The fraction of sp³-hybridized carbons (Fsp3) is 0.150. The largest absolute Gasteiger partial charge is 0.496 e. The van der Waals surface area contributed by atoms with Gasteiger partial charge in [-0.2, -0.15) is 0 Å². The van der Waals surface area contributed by atoms with Crippen LogP contribution in [0.15, 0.2) is 47.1 Å². The molecule has 0 radical (unpaired) electrons. The molecule has 0 aliphatic rings. The quantitative estimate of drug-likeness (QED) is 0.388. The van der Waals surface area contributed by atoms with E-state index in [-0.39, 0.29) is 0 Å². The van der Waals surface area contributed by atoms with E-state index in [0.717, 1.165) is 49.0 Å². The first kappa shape index (κ1) is 16.4. The van der Waals surface area contributed by atoms with Crippen molar-refractivity contribution in [1.29, 1.82) is 0 Å². The second-order valence-corrected chi connectivity index (χ2v) is 7.41. The average molecular weight is 416 g/mol. The van der Waals surface area contributed by atoms with Gasteiger partial charge < -0.3 is 9.30 Å². The summed E-state index contributed by atoms with van der Waals surface area (Å²) in [6.07, 6.45) is 2.07. The molecule has 2 aromatic heterocycles. The van der Waals surface area contributed by atoms with Crippen LogP contribution in [0.5, 0.6) is 5.75 Å². The second-order valence-electron chi connectivity index (χ2n) is 6.06. The van der Waals surface area contributed by atoms with Crippen LogP contribution in [0.2, 0.25) is 5.02 Å². The van der Waals surface area contributed by atoms with Crippen molar-refractivity contribution in [3.63, 3.8) is 0 Å². The minimum atomic E-state index is 0.703. The number of pyridine rings is 1. The van der Waals surface area contributed by atoms with Crippen LogP contribution in [-0.4, -0.2) is 16.7 Å². The van der Waals surface area contributed by atoms with Gasteiger partial charge in [-0.1, -0.05) is 27.5 Å². The standard InChI is InChI=1S/C20H16BrClN2O/c1-11-12(2)23-17-5-4-14(22)10-16(17)20(11)24-7-6-15-18(24)8-13(21)9-19(15)25-3/h4-10H,1-3H3. The van der Waals surface area contributed by atoms with E-state index in [9.17, 15) is 0 Å². The SMILES string of the molecule is COc1cc(Br)cc2c1ccn2-c1c(C)c(C)nc2ccc(Cl)cc12. The lowest BCUT2D eigenvalue weighted by Crippen LogP contribution is -2.01. The number of hydrogen-bond donors (Lipinski definition) is 0. The highest BCUT2D eigenvalue weighted by molar-refractivity contribution is 9.10. The Bertz CT molecular complexity index is 1130. The van der Waals surface area contributed by atoms with Crippen LogP contribution in [0.1, 0.15) is 11.3 Å². The summed E-state index contributed by atoms with van der Waals surface area (Å²) in [6.45, 7) is 4.13. The van der Waals surface area contributed by atoms with E-state index in [1.54, 1.807) is 7.11 Å². The third kappa shape index (κ3) is 2.60. The summed E-state index contributed by atoms with van der Waals surface area (Å²) >= 11 is 9.85. The summed E-state index contributed by atoms with van der Waals surface area (Å²) in [7, 11) is 1.69. The maximum absolute atomic E-state index is 6.27. The molecule has 25 heavy (non-hydrogen) atoms. The Morgan fingerprint density at radius 3 is 2.64 bits per heavy atom. The van der Waals surface area contributed by atoms with E-state index in [1.807, 2.05) is 31.2 Å². The molecule has 0 fully saturated rings. The Hall–Kier alpha value is -2.04. The predicted molar refractivity (Wildman–Crippen MR) is 107 cm³/mol. The Kier molecular flexibility index (Phi) is 3.97. The molecule has 0 aliphatic heterocycles. The highest BCUT2D eigenvalue weighted by Gasteiger charge is 2.15. The molecular weight excluding hydrogens is 400 g/mol. The summed E-state index contributed by atoms with van der Waals surface area (Å²) in [5.74, 6) is 0.842. The summed E-state index contributed by atoms with van der Waals surface area (Å²) in [5, 5.41) is 2.80. The van der Waals surface area contributed by atoms with Crippen molar-refractivity contribution < 1.29 is 4.74 Å². The third-order valence-electron chi connectivity index (χ3n) is 4.60. The monoisotopic (exact) mass is 414 g/mol. The zero-order chi connectivity index (χ0) is 17.7. The molecule has 4 aromatic rings. The van der Waals surface area contributed by atoms with Gasteiger partial charge in [-0.15, -0.1) is 0 Å². The first-order valence-corrected chi connectivity index (χ1v) is 9.08. The molecular formula is C20H16BrClN2O. The molecule has 0 N–H and O–H groups in total. The van der Waals surface area contributed by atoms with E-state index in [2.05, 4.69) is 45.8 Å². The number of ether oxygens (including phenoxy) is 1. The first-order valence-electron chi connectivity index (χ1n) is 7.91. The van der Waals surface area contributed by atoms with E-state index in [4.69, 9.17) is 21.3 Å².